The number of benzene rings is 2. The maximum absolute atomic E-state index is 8.56. The van der Waals surface area contributed by atoms with Gasteiger partial charge in [-0.05, 0) is 47.9 Å². The van der Waals surface area contributed by atoms with Gasteiger partial charge in [0.2, 0.25) is 0 Å². The van der Waals surface area contributed by atoms with Crippen molar-refractivity contribution in [2.24, 2.45) is 0 Å². The van der Waals surface area contributed by atoms with E-state index in [-0.39, 0.29) is 0 Å². The molecule has 5 nitrogen and oxygen atoms in total. The van der Waals surface area contributed by atoms with E-state index in [9.17, 15) is 0 Å². The average molecular weight is 395 g/mol. The van der Waals surface area contributed by atoms with E-state index in [4.69, 9.17) is 20.0 Å². The number of carbonyl (C=O) groups is 1. The van der Waals surface area contributed by atoms with Gasteiger partial charge < -0.3 is 15.2 Å². The average Bonchev–Trinajstić information content (AvgIpc) is 3.15. The molecule has 1 aliphatic carbocycles. The number of hydrogen-bond donors (Lipinski definition) is 3. The van der Waals surface area contributed by atoms with Crippen LogP contribution in [0.3, 0.4) is 0 Å². The van der Waals surface area contributed by atoms with Gasteiger partial charge in [-0.15, -0.1) is 0 Å². The van der Waals surface area contributed by atoms with Crippen molar-refractivity contribution in [2.45, 2.75) is 64.2 Å². The van der Waals surface area contributed by atoms with Crippen LogP contribution in [0.5, 0.6) is 0 Å². The third-order valence-corrected chi connectivity index (χ3v) is 5.61. The molecule has 2 aromatic carbocycles. The predicted octanol–water partition coefficient (Wildman–Crippen LogP) is 6.55. The lowest BCUT2D eigenvalue weighted by molar-refractivity contribution is 0.137. The summed E-state index contributed by atoms with van der Waals surface area (Å²) in [6, 6.07) is 15.8. The zero-order valence-electron chi connectivity index (χ0n) is 17.2. The molecule has 29 heavy (non-hydrogen) atoms. The molecule has 0 radical (unpaired) electrons. The molecule has 0 spiro atoms. The molecule has 0 unspecified atom stereocenters. The Morgan fingerprint density at radius 2 is 1.72 bits per heavy atom. The molecule has 1 heterocycles. The maximum atomic E-state index is 8.56. The summed E-state index contributed by atoms with van der Waals surface area (Å²) in [5.41, 5.74) is 6.50. The van der Waals surface area contributed by atoms with Crippen molar-refractivity contribution in [3.63, 3.8) is 0 Å². The number of nitrogens with zero attached hydrogens (tertiary/aromatic N) is 1. The summed E-state index contributed by atoms with van der Waals surface area (Å²) in [6.07, 6.45) is 6.05. The lowest BCUT2D eigenvalue weighted by atomic mass is 9.84. The molecule has 0 aliphatic heterocycles. The highest BCUT2D eigenvalue weighted by atomic mass is 16.6. The van der Waals surface area contributed by atoms with Crippen molar-refractivity contribution in [3.8, 4) is 0 Å². The number of H-pyrrole nitrogens is 1. The molecule has 1 aromatic heterocycles. The van der Waals surface area contributed by atoms with Crippen LogP contribution < -0.4 is 0 Å². The first-order chi connectivity index (χ1) is 13.9. The van der Waals surface area contributed by atoms with Gasteiger partial charge in [0.15, 0.2) is 0 Å². The van der Waals surface area contributed by atoms with Crippen LogP contribution in [0.1, 0.15) is 80.3 Å². The molecule has 1 aliphatic rings. The zero-order chi connectivity index (χ0) is 20.8. The Balaban J connectivity index is 0.000000552. The van der Waals surface area contributed by atoms with E-state index in [1.54, 1.807) is 0 Å². The first kappa shape index (κ1) is 20.9. The first-order valence-electron chi connectivity index (χ1n) is 10.4. The summed E-state index contributed by atoms with van der Waals surface area (Å²) in [5, 5.41) is 13.9. The SMILES string of the molecule is CC(C)c1nc2c(Cc3ccc(C4CCCCC4)cc3)cccc2[nH]1.O=C(O)O. The Hall–Kier alpha value is -2.82. The van der Waals surface area contributed by atoms with Gasteiger partial charge in [0, 0.05) is 5.92 Å². The van der Waals surface area contributed by atoms with Gasteiger partial charge in [-0.25, -0.2) is 9.78 Å². The fourth-order valence-electron chi connectivity index (χ4n) is 4.09. The Morgan fingerprint density at radius 1 is 1.07 bits per heavy atom. The van der Waals surface area contributed by atoms with Gasteiger partial charge in [0.05, 0.1) is 11.0 Å². The summed E-state index contributed by atoms with van der Waals surface area (Å²) < 4.78 is 0. The zero-order valence-corrected chi connectivity index (χ0v) is 17.2. The second-order valence-corrected chi connectivity index (χ2v) is 8.13. The van der Waals surface area contributed by atoms with Crippen LogP contribution in [0.25, 0.3) is 11.0 Å². The summed E-state index contributed by atoms with van der Waals surface area (Å²) in [6.45, 7) is 4.36. The van der Waals surface area contributed by atoms with E-state index in [0.717, 1.165) is 29.2 Å². The second-order valence-electron chi connectivity index (χ2n) is 8.13. The number of carboxylic acid groups (broad SMARTS) is 2. The summed E-state index contributed by atoms with van der Waals surface area (Å²) in [5.74, 6) is 2.29. The molecule has 3 N–H and O–H groups in total. The number of nitrogens with one attached hydrogen (secondary N) is 1. The third-order valence-electron chi connectivity index (χ3n) is 5.61. The fraction of sp³-hybridized carbons (Fsp3) is 0.417. The highest BCUT2D eigenvalue weighted by molar-refractivity contribution is 5.79. The molecule has 1 saturated carbocycles. The van der Waals surface area contributed by atoms with Crippen LogP contribution in [0, 0.1) is 0 Å². The van der Waals surface area contributed by atoms with Crippen LogP contribution in [0.15, 0.2) is 42.5 Å². The van der Waals surface area contributed by atoms with Crippen molar-refractivity contribution in [3.05, 3.63) is 65.0 Å². The summed E-state index contributed by atoms with van der Waals surface area (Å²) in [4.78, 5) is 16.9. The standard InChI is InChI=1S/C23H28N2.CH2O3/c1-16(2)23-24-21-10-6-9-20(22(21)25-23)15-17-11-13-19(14-12-17)18-7-4-3-5-8-18;2-1(3)4/h6,9-14,16,18H,3-5,7-8,15H2,1-2H3,(H,24,25);(H2,2,3,4). The van der Waals surface area contributed by atoms with Crippen LogP contribution in [-0.2, 0) is 6.42 Å². The molecular weight excluding hydrogens is 364 g/mol. The molecule has 154 valence electrons. The van der Waals surface area contributed by atoms with Crippen LogP contribution in [-0.4, -0.2) is 26.3 Å². The molecule has 0 amide bonds. The van der Waals surface area contributed by atoms with E-state index in [0.29, 0.717) is 5.92 Å². The topological polar surface area (TPSA) is 86.2 Å². The van der Waals surface area contributed by atoms with Gasteiger partial charge in [-0.3, -0.25) is 0 Å². The summed E-state index contributed by atoms with van der Waals surface area (Å²) >= 11 is 0. The van der Waals surface area contributed by atoms with Crippen LogP contribution >= 0.6 is 0 Å². The molecule has 0 saturated heterocycles. The summed E-state index contributed by atoms with van der Waals surface area (Å²) in [7, 11) is 0. The number of hydrogen-bond acceptors (Lipinski definition) is 2. The highest BCUT2D eigenvalue weighted by Crippen LogP contribution is 2.33. The monoisotopic (exact) mass is 394 g/mol. The van der Waals surface area contributed by atoms with Crippen molar-refractivity contribution in [1.82, 2.24) is 9.97 Å². The largest absolute Gasteiger partial charge is 0.503 e. The molecule has 1 fully saturated rings. The van der Waals surface area contributed by atoms with Crippen molar-refractivity contribution in [2.75, 3.05) is 0 Å². The Morgan fingerprint density at radius 3 is 2.34 bits per heavy atom. The lowest BCUT2D eigenvalue weighted by Crippen LogP contribution is -2.04. The molecule has 0 atom stereocenters. The number of rotatable bonds is 4. The van der Waals surface area contributed by atoms with E-state index in [2.05, 4.69) is 61.3 Å². The van der Waals surface area contributed by atoms with Crippen molar-refractivity contribution in [1.29, 1.82) is 0 Å². The van der Waals surface area contributed by atoms with E-state index >= 15 is 0 Å². The van der Waals surface area contributed by atoms with E-state index in [1.807, 2.05) is 0 Å². The van der Waals surface area contributed by atoms with Crippen molar-refractivity contribution >= 4 is 17.2 Å². The molecule has 3 aromatic rings. The van der Waals surface area contributed by atoms with E-state index in [1.165, 1.54) is 48.8 Å². The number of aromatic nitrogens is 2. The molecule has 5 heteroatoms. The second kappa shape index (κ2) is 9.59. The Labute approximate surface area is 171 Å². The number of imidazole rings is 1. The lowest BCUT2D eigenvalue weighted by Gasteiger charge is -2.22. The van der Waals surface area contributed by atoms with Gasteiger partial charge in [-0.1, -0.05) is 69.5 Å². The first-order valence-corrected chi connectivity index (χ1v) is 10.4. The maximum Gasteiger partial charge on any atom is 0.503 e. The predicted molar refractivity (Wildman–Crippen MR) is 116 cm³/mol. The highest BCUT2D eigenvalue weighted by Gasteiger charge is 2.15. The number of para-hydroxylation sites is 1. The minimum atomic E-state index is -1.83. The minimum Gasteiger partial charge on any atom is -0.450 e. The van der Waals surface area contributed by atoms with E-state index < -0.39 is 6.16 Å². The Bertz CT molecular complexity index is 934. The van der Waals surface area contributed by atoms with Gasteiger partial charge in [-0.2, -0.15) is 0 Å². The van der Waals surface area contributed by atoms with Crippen LogP contribution in [0.2, 0.25) is 0 Å². The Kier molecular flexibility index (Phi) is 6.91. The smallest absolute Gasteiger partial charge is 0.450 e. The minimum absolute atomic E-state index is 0.426. The third kappa shape index (κ3) is 5.59. The quantitative estimate of drug-likeness (QED) is 0.468. The number of fused-ring (bicyclic) bond motifs is 1. The van der Waals surface area contributed by atoms with Gasteiger partial charge >= 0.3 is 6.16 Å². The molecule has 0 bridgehead atoms. The number of aromatic amines is 1. The molecular formula is C24H30N2O3. The van der Waals surface area contributed by atoms with Crippen LogP contribution in [0.4, 0.5) is 4.79 Å². The normalized spacial score (nSPS) is 14.6. The van der Waals surface area contributed by atoms with Crippen molar-refractivity contribution < 1.29 is 15.0 Å². The fourth-order valence-corrected chi connectivity index (χ4v) is 4.09. The van der Waals surface area contributed by atoms with Gasteiger partial charge in [0.1, 0.15) is 5.82 Å². The molecule has 4 rings (SSSR count). The van der Waals surface area contributed by atoms with Gasteiger partial charge in [0.25, 0.3) is 0 Å².